The number of aliphatic hydroxyl groups excluding tert-OH is 1. The van der Waals surface area contributed by atoms with Gasteiger partial charge in [-0.2, -0.15) is 0 Å². The molecule has 216 valence electrons. The molecule has 1 aliphatic carbocycles. The Balaban J connectivity index is 1.38. The predicted molar refractivity (Wildman–Crippen MR) is 164 cm³/mol. The Kier molecular flexibility index (Phi) is 7.07. The van der Waals surface area contributed by atoms with Gasteiger partial charge in [0.25, 0.3) is 0 Å². The maximum absolute atomic E-state index is 11.4. The van der Waals surface area contributed by atoms with Gasteiger partial charge < -0.3 is 35.3 Å². The Labute approximate surface area is 246 Å². The monoisotopic (exact) mass is 563 g/mol. The first kappa shape index (κ1) is 26.9. The number of benzene rings is 2. The van der Waals surface area contributed by atoms with Crippen LogP contribution in [0.5, 0.6) is 11.5 Å². The Morgan fingerprint density at radius 3 is 2.90 bits per heavy atom. The molecule has 0 fully saturated rings. The van der Waals surface area contributed by atoms with Crippen LogP contribution in [0.1, 0.15) is 49.3 Å². The lowest BCUT2D eigenvalue weighted by Crippen LogP contribution is -2.40. The van der Waals surface area contributed by atoms with E-state index in [1.807, 2.05) is 24.3 Å². The van der Waals surface area contributed by atoms with E-state index in [2.05, 4.69) is 59.3 Å². The molecule has 7 heteroatoms. The third-order valence-corrected chi connectivity index (χ3v) is 8.98. The summed E-state index contributed by atoms with van der Waals surface area (Å²) >= 11 is 0. The van der Waals surface area contributed by atoms with Gasteiger partial charge in [-0.1, -0.05) is 55.2 Å². The quantitative estimate of drug-likeness (QED) is 0.285. The molecule has 1 aromatic heterocycles. The van der Waals surface area contributed by atoms with E-state index in [1.54, 1.807) is 6.07 Å². The first-order valence-electron chi connectivity index (χ1n) is 15.0. The van der Waals surface area contributed by atoms with Crippen LogP contribution in [0.2, 0.25) is 0 Å². The number of nitrogens with two attached hydrogens (primary N) is 1. The topological polar surface area (TPSA) is 102 Å². The van der Waals surface area contributed by atoms with E-state index in [0.717, 1.165) is 63.7 Å². The van der Waals surface area contributed by atoms with Crippen LogP contribution < -0.4 is 15.8 Å². The number of aromatic nitrogens is 1. The summed E-state index contributed by atoms with van der Waals surface area (Å²) in [4.78, 5) is 0. The number of fused-ring (bicyclic) bond motifs is 2. The first-order chi connectivity index (χ1) is 20.4. The van der Waals surface area contributed by atoms with Crippen molar-refractivity contribution in [3.63, 3.8) is 0 Å². The zero-order valence-electron chi connectivity index (χ0n) is 23.8. The highest BCUT2D eigenvalue weighted by molar-refractivity contribution is 5.87. The molecule has 1 unspecified atom stereocenters. The number of aromatic hydroxyl groups is 1. The second-order valence-electron chi connectivity index (χ2n) is 12.0. The molecule has 5 heterocycles. The van der Waals surface area contributed by atoms with Crippen molar-refractivity contribution in [1.29, 1.82) is 0 Å². The van der Waals surface area contributed by atoms with Crippen LogP contribution in [0.4, 0.5) is 0 Å². The summed E-state index contributed by atoms with van der Waals surface area (Å²) in [6.07, 6.45) is 13.1. The van der Waals surface area contributed by atoms with Gasteiger partial charge in [-0.3, -0.25) is 0 Å². The highest BCUT2D eigenvalue weighted by atomic mass is 16.5. The van der Waals surface area contributed by atoms with Gasteiger partial charge in [-0.25, -0.2) is 0 Å². The van der Waals surface area contributed by atoms with Crippen LogP contribution in [0.3, 0.4) is 0 Å². The van der Waals surface area contributed by atoms with Gasteiger partial charge in [0.05, 0.1) is 25.0 Å². The lowest BCUT2D eigenvalue weighted by atomic mass is 9.83. The van der Waals surface area contributed by atoms with Crippen molar-refractivity contribution in [2.24, 2.45) is 17.6 Å². The van der Waals surface area contributed by atoms with E-state index in [4.69, 9.17) is 15.2 Å². The van der Waals surface area contributed by atoms with Gasteiger partial charge in [0, 0.05) is 58.1 Å². The average molecular weight is 564 g/mol. The van der Waals surface area contributed by atoms with Crippen molar-refractivity contribution >= 4 is 22.7 Å². The summed E-state index contributed by atoms with van der Waals surface area (Å²) in [5, 5.41) is 27.8. The summed E-state index contributed by atoms with van der Waals surface area (Å²) < 4.78 is 15.0. The van der Waals surface area contributed by atoms with Crippen molar-refractivity contribution in [3.05, 3.63) is 82.7 Å². The van der Waals surface area contributed by atoms with Crippen LogP contribution in [-0.4, -0.2) is 39.8 Å². The van der Waals surface area contributed by atoms with Gasteiger partial charge in [0.2, 0.25) is 0 Å². The zero-order valence-corrected chi connectivity index (χ0v) is 23.8. The van der Waals surface area contributed by atoms with E-state index >= 15 is 0 Å². The molecule has 42 heavy (non-hydrogen) atoms. The number of phenols is 1. The number of ether oxygens (including phenoxy) is 2. The molecule has 4 aliphatic heterocycles. The molecule has 2 aromatic carbocycles. The van der Waals surface area contributed by atoms with Crippen molar-refractivity contribution in [1.82, 2.24) is 9.88 Å². The van der Waals surface area contributed by atoms with Crippen LogP contribution in [-0.2, 0) is 17.8 Å². The smallest absolute Gasteiger partial charge is 0.168 e. The fraction of sp³-hybridized carbons (Fsp3) is 0.371. The van der Waals surface area contributed by atoms with Crippen LogP contribution in [0.25, 0.3) is 22.7 Å². The number of hydrogen-bond acceptors (Lipinski definition) is 6. The maximum Gasteiger partial charge on any atom is 0.168 e. The average Bonchev–Trinajstić information content (AvgIpc) is 3.41. The van der Waals surface area contributed by atoms with Gasteiger partial charge in [-0.05, 0) is 49.0 Å². The Bertz CT molecular complexity index is 1690. The minimum absolute atomic E-state index is 0.0533. The second-order valence-corrected chi connectivity index (χ2v) is 12.0. The molecule has 5 aliphatic rings. The summed E-state index contributed by atoms with van der Waals surface area (Å²) in [5.74, 6) is 8.49. The van der Waals surface area contributed by atoms with Crippen LogP contribution in [0, 0.1) is 23.7 Å². The van der Waals surface area contributed by atoms with Crippen LogP contribution >= 0.6 is 0 Å². The molecule has 7 nitrogen and oxygen atoms in total. The number of hydrogen-bond donors (Lipinski definition) is 4. The molecule has 8 rings (SSSR count). The standard InChI is InChI=1S/C35H37N3O4/c1-21-4-2-7-27-16-32(40)24-10-12-28-22(14-24)11-13-31(39)34(28)42-19-26-6-3-5-25-17-38(18-29(25)26)35-30(20-41-27)23(9-8-21)15-33(36)37-35/h3,5-6,10-13,15,17-18,21,24,27,32-33,37,39-40H,2,4,7,14,16,19-20,36H2,1H3/t21-,24+,27-,32-,33?/m0/s1. The largest absolute Gasteiger partial charge is 0.504 e. The number of phenolic OH excluding ortho intramolecular Hbond substituents is 1. The van der Waals surface area contributed by atoms with E-state index < -0.39 is 12.3 Å². The molecule has 8 bridgehead atoms. The molecule has 3 aromatic rings. The normalized spacial score (nSPS) is 27.3. The zero-order chi connectivity index (χ0) is 28.8. The lowest BCUT2D eigenvalue weighted by Gasteiger charge is -2.30. The van der Waals surface area contributed by atoms with Gasteiger partial charge in [0.1, 0.15) is 12.4 Å². The van der Waals surface area contributed by atoms with Gasteiger partial charge >= 0.3 is 0 Å². The SMILES string of the molecule is C[C@@H]1C#CC2=CC(N)NC3=C2CO[C@@H](CCC1)C[C@H](O)[C@@H]1C=Cc2c(ccc(O)c2OCc2cccc4cn3cc24)C1. The third kappa shape index (κ3) is 5.11. The molecular formula is C35H37N3O4. The highest BCUT2D eigenvalue weighted by Gasteiger charge is 2.29. The molecule has 0 spiro atoms. The minimum atomic E-state index is -0.569. The van der Waals surface area contributed by atoms with Crippen molar-refractivity contribution < 1.29 is 19.7 Å². The van der Waals surface area contributed by atoms with Crippen LogP contribution in [0.15, 0.2) is 66.0 Å². The Hall–Kier alpha value is -3.96. The number of rotatable bonds is 0. The van der Waals surface area contributed by atoms with E-state index in [0.29, 0.717) is 31.8 Å². The fourth-order valence-electron chi connectivity index (χ4n) is 6.61. The predicted octanol–water partition coefficient (Wildman–Crippen LogP) is 5.07. The summed E-state index contributed by atoms with van der Waals surface area (Å²) in [6, 6.07) is 9.79. The molecule has 0 radical (unpaired) electrons. The summed E-state index contributed by atoms with van der Waals surface area (Å²) in [5.41, 5.74) is 11.3. The molecule has 0 amide bonds. The number of aliphatic hydroxyl groups is 1. The number of nitrogens with zero attached hydrogens (tertiary/aromatic N) is 1. The van der Waals surface area contributed by atoms with Crippen molar-refractivity contribution in [2.45, 2.75) is 64.0 Å². The number of nitrogens with one attached hydrogen (secondary N) is 1. The first-order valence-corrected chi connectivity index (χ1v) is 15.0. The minimum Gasteiger partial charge on any atom is -0.504 e. The van der Waals surface area contributed by atoms with Crippen molar-refractivity contribution in [3.8, 4) is 23.3 Å². The highest BCUT2D eigenvalue weighted by Crippen LogP contribution is 2.40. The fourth-order valence-corrected chi connectivity index (χ4v) is 6.61. The molecule has 0 saturated carbocycles. The van der Waals surface area contributed by atoms with E-state index in [1.165, 1.54) is 0 Å². The summed E-state index contributed by atoms with van der Waals surface area (Å²) in [6.45, 7) is 2.82. The number of dihydropyridines is 1. The molecule has 0 saturated heterocycles. The lowest BCUT2D eigenvalue weighted by molar-refractivity contribution is 0.00693. The van der Waals surface area contributed by atoms with Gasteiger partial charge in [-0.15, -0.1) is 0 Å². The molecule has 5 N–H and O–H groups in total. The van der Waals surface area contributed by atoms with Crippen molar-refractivity contribution in [2.75, 3.05) is 6.61 Å². The maximum atomic E-state index is 11.4. The van der Waals surface area contributed by atoms with E-state index in [9.17, 15) is 10.2 Å². The molecular weight excluding hydrogens is 526 g/mol. The second kappa shape index (κ2) is 11.0. The Morgan fingerprint density at radius 2 is 2.00 bits per heavy atom. The van der Waals surface area contributed by atoms with Gasteiger partial charge in [0.15, 0.2) is 11.5 Å². The van der Waals surface area contributed by atoms with E-state index in [-0.39, 0.29) is 23.7 Å². The Morgan fingerprint density at radius 1 is 1.10 bits per heavy atom. The third-order valence-electron chi connectivity index (χ3n) is 8.98. The summed E-state index contributed by atoms with van der Waals surface area (Å²) in [7, 11) is 0. The molecule has 5 atom stereocenters.